The normalized spacial score (nSPS) is 19.1. The molecule has 0 amide bonds. The van der Waals surface area contributed by atoms with Gasteiger partial charge in [0.05, 0.1) is 16.3 Å². The molecular weight excluding hydrogens is 240 g/mol. The topological polar surface area (TPSA) is 64.3 Å². The quantitative estimate of drug-likeness (QED) is 0.875. The van der Waals surface area contributed by atoms with E-state index in [1.165, 1.54) is 0 Å². The zero-order chi connectivity index (χ0) is 12.4. The Morgan fingerprint density at radius 2 is 2.35 bits per heavy atom. The Kier molecular flexibility index (Phi) is 3.21. The van der Waals surface area contributed by atoms with Crippen molar-refractivity contribution in [2.75, 3.05) is 11.4 Å². The minimum Gasteiger partial charge on any atom is -0.480 e. The standard InChI is InChI=1S/C12H11ClN2O2/c13-9-3-1-4-10(8(9)7-14)15-6-2-5-11(15)12(16)17/h1,3-4,11H,2,5-6H2,(H,16,17). The van der Waals surface area contributed by atoms with Crippen molar-refractivity contribution in [2.45, 2.75) is 18.9 Å². The minimum atomic E-state index is -0.855. The molecule has 1 unspecified atom stereocenters. The second-order valence-corrected chi connectivity index (χ2v) is 4.34. The summed E-state index contributed by atoms with van der Waals surface area (Å²) in [5, 5.41) is 18.6. The van der Waals surface area contributed by atoms with Crippen molar-refractivity contribution in [3.63, 3.8) is 0 Å². The minimum absolute atomic E-state index is 0.349. The highest BCUT2D eigenvalue weighted by Crippen LogP contribution is 2.32. The fourth-order valence-electron chi connectivity index (χ4n) is 2.17. The number of carboxylic acid groups (broad SMARTS) is 1. The monoisotopic (exact) mass is 250 g/mol. The van der Waals surface area contributed by atoms with Gasteiger partial charge in [-0.25, -0.2) is 4.79 Å². The number of hydrogen-bond acceptors (Lipinski definition) is 3. The Labute approximate surface area is 104 Å². The van der Waals surface area contributed by atoms with Gasteiger partial charge in [0.2, 0.25) is 0 Å². The van der Waals surface area contributed by atoms with E-state index in [9.17, 15) is 4.79 Å². The average Bonchev–Trinajstić information content (AvgIpc) is 2.77. The number of benzene rings is 1. The van der Waals surface area contributed by atoms with Gasteiger partial charge in [0.1, 0.15) is 12.1 Å². The summed E-state index contributed by atoms with van der Waals surface area (Å²) < 4.78 is 0. The van der Waals surface area contributed by atoms with Gasteiger partial charge in [0, 0.05) is 6.54 Å². The molecule has 88 valence electrons. The van der Waals surface area contributed by atoms with E-state index in [4.69, 9.17) is 22.0 Å². The number of nitrogens with zero attached hydrogens (tertiary/aromatic N) is 2. The van der Waals surface area contributed by atoms with Crippen LogP contribution in [0.15, 0.2) is 18.2 Å². The van der Waals surface area contributed by atoms with Gasteiger partial charge in [-0.2, -0.15) is 5.26 Å². The van der Waals surface area contributed by atoms with Crippen molar-refractivity contribution < 1.29 is 9.90 Å². The summed E-state index contributed by atoms with van der Waals surface area (Å²) in [5.74, 6) is -0.855. The second-order valence-electron chi connectivity index (χ2n) is 3.94. The van der Waals surface area contributed by atoms with Crippen LogP contribution in [-0.4, -0.2) is 23.7 Å². The Morgan fingerprint density at radius 1 is 1.59 bits per heavy atom. The van der Waals surface area contributed by atoms with Crippen LogP contribution in [-0.2, 0) is 4.79 Å². The molecule has 0 spiro atoms. The van der Waals surface area contributed by atoms with E-state index in [1.807, 2.05) is 6.07 Å². The summed E-state index contributed by atoms with van der Waals surface area (Å²) in [6.45, 7) is 0.645. The lowest BCUT2D eigenvalue weighted by Gasteiger charge is -2.24. The van der Waals surface area contributed by atoms with Crippen molar-refractivity contribution in [1.29, 1.82) is 5.26 Å². The number of hydrogen-bond donors (Lipinski definition) is 1. The molecule has 1 atom stereocenters. The number of carboxylic acids is 1. The van der Waals surface area contributed by atoms with E-state index in [-0.39, 0.29) is 0 Å². The van der Waals surface area contributed by atoms with Crippen molar-refractivity contribution >= 4 is 23.3 Å². The zero-order valence-corrected chi connectivity index (χ0v) is 9.81. The van der Waals surface area contributed by atoms with Crippen LogP contribution in [0.2, 0.25) is 5.02 Å². The summed E-state index contributed by atoms with van der Waals surface area (Å²) in [6.07, 6.45) is 1.42. The van der Waals surface area contributed by atoms with Crippen LogP contribution < -0.4 is 4.90 Å². The molecule has 1 N–H and O–H groups in total. The molecule has 1 saturated heterocycles. The van der Waals surface area contributed by atoms with Gasteiger partial charge in [0.25, 0.3) is 0 Å². The molecule has 0 aromatic heterocycles. The molecule has 0 aliphatic carbocycles. The Balaban J connectivity index is 2.44. The van der Waals surface area contributed by atoms with Gasteiger partial charge < -0.3 is 10.0 Å². The maximum absolute atomic E-state index is 11.1. The predicted octanol–water partition coefficient (Wildman–Crippen LogP) is 2.27. The van der Waals surface area contributed by atoms with Crippen molar-refractivity contribution in [2.24, 2.45) is 0 Å². The smallest absolute Gasteiger partial charge is 0.326 e. The van der Waals surface area contributed by atoms with Crippen molar-refractivity contribution in [3.8, 4) is 6.07 Å². The Morgan fingerprint density at radius 3 is 3.00 bits per heavy atom. The van der Waals surface area contributed by atoms with Gasteiger partial charge in [0.15, 0.2) is 0 Å². The molecule has 17 heavy (non-hydrogen) atoms. The first-order valence-corrected chi connectivity index (χ1v) is 5.71. The molecule has 1 aromatic carbocycles. The van der Waals surface area contributed by atoms with Crippen LogP contribution in [0, 0.1) is 11.3 Å². The molecule has 1 aromatic rings. The molecule has 1 fully saturated rings. The van der Waals surface area contributed by atoms with E-state index in [2.05, 4.69) is 0 Å². The van der Waals surface area contributed by atoms with Crippen LogP contribution >= 0.6 is 11.6 Å². The van der Waals surface area contributed by atoms with Crippen molar-refractivity contribution in [3.05, 3.63) is 28.8 Å². The molecule has 2 rings (SSSR count). The molecule has 1 aliphatic heterocycles. The van der Waals surface area contributed by atoms with E-state index in [1.54, 1.807) is 23.1 Å². The third-order valence-corrected chi connectivity index (χ3v) is 3.27. The van der Waals surface area contributed by atoms with Crippen molar-refractivity contribution in [1.82, 2.24) is 0 Å². The van der Waals surface area contributed by atoms with Crippen LogP contribution in [0.1, 0.15) is 18.4 Å². The van der Waals surface area contributed by atoms with Gasteiger partial charge >= 0.3 is 5.97 Å². The molecule has 0 radical (unpaired) electrons. The fourth-order valence-corrected chi connectivity index (χ4v) is 2.39. The maximum Gasteiger partial charge on any atom is 0.326 e. The maximum atomic E-state index is 11.1. The van der Waals surface area contributed by atoms with Crippen LogP contribution in [0.4, 0.5) is 5.69 Å². The summed E-state index contributed by atoms with van der Waals surface area (Å²) in [6, 6.07) is 6.59. The molecular formula is C12H11ClN2O2. The van der Waals surface area contributed by atoms with Gasteiger partial charge in [-0.1, -0.05) is 17.7 Å². The summed E-state index contributed by atoms with van der Waals surface area (Å²) >= 11 is 5.94. The largest absolute Gasteiger partial charge is 0.480 e. The molecule has 0 saturated carbocycles. The predicted molar refractivity (Wildman–Crippen MR) is 64.2 cm³/mol. The molecule has 5 heteroatoms. The van der Waals surface area contributed by atoms with Crippen LogP contribution in [0.25, 0.3) is 0 Å². The third kappa shape index (κ3) is 2.06. The number of rotatable bonds is 2. The first-order chi connectivity index (χ1) is 8.15. The van der Waals surface area contributed by atoms with Gasteiger partial charge in [-0.15, -0.1) is 0 Å². The second kappa shape index (κ2) is 4.64. The molecule has 1 heterocycles. The lowest BCUT2D eigenvalue weighted by atomic mass is 10.1. The fraction of sp³-hybridized carbons (Fsp3) is 0.333. The summed E-state index contributed by atoms with van der Waals surface area (Å²) in [5.41, 5.74) is 0.965. The highest BCUT2D eigenvalue weighted by Gasteiger charge is 2.32. The van der Waals surface area contributed by atoms with Gasteiger partial charge in [-0.3, -0.25) is 0 Å². The third-order valence-electron chi connectivity index (χ3n) is 2.95. The summed E-state index contributed by atoms with van der Waals surface area (Å²) in [7, 11) is 0. The van der Waals surface area contributed by atoms with E-state index in [0.717, 1.165) is 6.42 Å². The molecule has 1 aliphatic rings. The van der Waals surface area contributed by atoms with Crippen LogP contribution in [0.5, 0.6) is 0 Å². The molecule has 4 nitrogen and oxygen atoms in total. The number of carbonyl (C=O) groups is 1. The van der Waals surface area contributed by atoms with Crippen LogP contribution in [0.3, 0.4) is 0 Å². The Hall–Kier alpha value is -1.73. The highest BCUT2D eigenvalue weighted by atomic mass is 35.5. The average molecular weight is 251 g/mol. The number of nitriles is 1. The first-order valence-electron chi connectivity index (χ1n) is 5.33. The van der Waals surface area contributed by atoms with E-state index < -0.39 is 12.0 Å². The molecule has 0 bridgehead atoms. The number of anilines is 1. The SMILES string of the molecule is N#Cc1c(Cl)cccc1N1CCCC1C(=O)O. The zero-order valence-electron chi connectivity index (χ0n) is 9.06. The summed E-state index contributed by atoms with van der Waals surface area (Å²) in [4.78, 5) is 12.9. The highest BCUT2D eigenvalue weighted by molar-refractivity contribution is 6.32. The number of aliphatic carboxylic acids is 1. The first kappa shape index (κ1) is 11.7. The van der Waals surface area contributed by atoms with E-state index >= 15 is 0 Å². The van der Waals surface area contributed by atoms with E-state index in [0.29, 0.717) is 29.2 Å². The van der Waals surface area contributed by atoms with Gasteiger partial charge in [-0.05, 0) is 25.0 Å². The number of halogens is 1. The Bertz CT molecular complexity index is 496. The lowest BCUT2D eigenvalue weighted by molar-refractivity contribution is -0.138. The lowest BCUT2D eigenvalue weighted by Crippen LogP contribution is -2.36.